The number of aliphatic hydroxyl groups is 1. The molecule has 0 spiro atoms. The predicted molar refractivity (Wildman–Crippen MR) is 77.6 cm³/mol. The quantitative estimate of drug-likeness (QED) is 0.779. The summed E-state index contributed by atoms with van der Waals surface area (Å²) in [5, 5.41) is 12.6. The molecule has 0 saturated carbocycles. The molecule has 0 aliphatic heterocycles. The van der Waals surface area contributed by atoms with Crippen molar-refractivity contribution in [2.75, 3.05) is 7.11 Å². The van der Waals surface area contributed by atoms with Crippen LogP contribution in [-0.2, 0) is 6.61 Å². The van der Waals surface area contributed by atoms with E-state index in [0.717, 1.165) is 16.2 Å². The lowest BCUT2D eigenvalue weighted by molar-refractivity contribution is 0.286. The number of hydrogen-bond donors (Lipinski definition) is 1. The highest BCUT2D eigenvalue weighted by Crippen LogP contribution is 2.38. The molecule has 1 aromatic carbocycles. The van der Waals surface area contributed by atoms with Gasteiger partial charge in [-0.3, -0.25) is 0 Å². The molecule has 92 valence electrons. The molecule has 2 aromatic heterocycles. The second-order valence-electron chi connectivity index (χ2n) is 3.93. The molecule has 0 amide bonds. The molecule has 0 aliphatic rings. The largest absolute Gasteiger partial charge is 0.497 e. The van der Waals surface area contributed by atoms with Crippen LogP contribution in [0, 0.1) is 0 Å². The van der Waals surface area contributed by atoms with Gasteiger partial charge in [0.05, 0.1) is 13.7 Å². The number of benzene rings is 1. The summed E-state index contributed by atoms with van der Waals surface area (Å²) in [7, 11) is 1.68. The van der Waals surface area contributed by atoms with Crippen molar-refractivity contribution >= 4 is 32.8 Å². The average molecular weight is 276 g/mol. The second kappa shape index (κ2) is 4.72. The summed E-state index contributed by atoms with van der Waals surface area (Å²) in [5.41, 5.74) is 1.14. The van der Waals surface area contributed by atoms with Crippen molar-refractivity contribution in [3.8, 4) is 16.2 Å². The number of fused-ring (bicyclic) bond motifs is 1. The number of hydrogen-bond acceptors (Lipinski definition) is 4. The first-order chi connectivity index (χ1) is 8.81. The molecular formula is C14H12O2S2. The topological polar surface area (TPSA) is 29.5 Å². The summed E-state index contributed by atoms with van der Waals surface area (Å²) in [5.74, 6) is 0.878. The van der Waals surface area contributed by atoms with Crippen LogP contribution < -0.4 is 4.74 Å². The lowest BCUT2D eigenvalue weighted by atomic mass is 10.2. The van der Waals surface area contributed by atoms with Crippen LogP contribution >= 0.6 is 22.7 Å². The maximum atomic E-state index is 9.32. The van der Waals surface area contributed by atoms with Crippen molar-refractivity contribution in [3.05, 3.63) is 40.6 Å². The fourth-order valence-electron chi connectivity index (χ4n) is 1.95. The van der Waals surface area contributed by atoms with Gasteiger partial charge in [0.1, 0.15) is 5.75 Å². The Bertz CT molecular complexity index is 682. The molecule has 0 saturated heterocycles. The number of ether oxygens (including phenoxy) is 1. The van der Waals surface area contributed by atoms with Gasteiger partial charge in [0, 0.05) is 20.0 Å². The van der Waals surface area contributed by atoms with Crippen molar-refractivity contribution < 1.29 is 9.84 Å². The molecule has 0 bridgehead atoms. The molecular weight excluding hydrogens is 264 g/mol. The molecule has 2 nitrogen and oxygen atoms in total. The second-order valence-corrected chi connectivity index (χ2v) is 6.01. The van der Waals surface area contributed by atoms with Crippen molar-refractivity contribution in [1.82, 2.24) is 0 Å². The zero-order valence-corrected chi connectivity index (χ0v) is 11.5. The third-order valence-electron chi connectivity index (χ3n) is 2.88. The fourth-order valence-corrected chi connectivity index (χ4v) is 3.91. The van der Waals surface area contributed by atoms with Crippen molar-refractivity contribution in [3.63, 3.8) is 0 Å². The van der Waals surface area contributed by atoms with E-state index in [1.165, 1.54) is 15.0 Å². The highest BCUT2D eigenvalue weighted by molar-refractivity contribution is 7.22. The third-order valence-corrected chi connectivity index (χ3v) is 4.92. The average Bonchev–Trinajstić information content (AvgIpc) is 3.03. The summed E-state index contributed by atoms with van der Waals surface area (Å²) in [6.45, 7) is 0.102. The van der Waals surface area contributed by atoms with Gasteiger partial charge in [-0.2, -0.15) is 0 Å². The summed E-state index contributed by atoms with van der Waals surface area (Å²) >= 11 is 3.32. The van der Waals surface area contributed by atoms with Gasteiger partial charge in [0.2, 0.25) is 0 Å². The van der Waals surface area contributed by atoms with E-state index in [4.69, 9.17) is 4.74 Å². The lowest BCUT2D eigenvalue weighted by Gasteiger charge is -1.97. The summed E-state index contributed by atoms with van der Waals surface area (Å²) < 4.78 is 6.44. The van der Waals surface area contributed by atoms with Crippen LogP contribution in [0.1, 0.15) is 4.88 Å². The van der Waals surface area contributed by atoms with Gasteiger partial charge in [-0.1, -0.05) is 0 Å². The standard InChI is InChI=1S/C14H12O2S2/c1-16-10-3-2-9-6-13(18-12(9)7-10)11-4-5-17-14(11)8-15/h2-7,15H,8H2,1H3. The van der Waals surface area contributed by atoms with Crippen LogP contribution in [0.4, 0.5) is 0 Å². The Morgan fingerprint density at radius 3 is 2.89 bits per heavy atom. The van der Waals surface area contributed by atoms with Gasteiger partial charge in [0.25, 0.3) is 0 Å². The Kier molecular flexibility index (Phi) is 3.07. The van der Waals surface area contributed by atoms with Gasteiger partial charge in [0.15, 0.2) is 0 Å². The minimum absolute atomic E-state index is 0.102. The van der Waals surface area contributed by atoms with Gasteiger partial charge in [-0.25, -0.2) is 0 Å². The third kappa shape index (κ3) is 1.92. The van der Waals surface area contributed by atoms with Crippen LogP contribution in [0.3, 0.4) is 0 Å². The smallest absolute Gasteiger partial charge is 0.120 e. The van der Waals surface area contributed by atoms with E-state index in [9.17, 15) is 5.11 Å². The van der Waals surface area contributed by atoms with Crippen molar-refractivity contribution in [1.29, 1.82) is 0 Å². The van der Waals surface area contributed by atoms with E-state index in [-0.39, 0.29) is 6.61 Å². The molecule has 4 heteroatoms. The van der Waals surface area contributed by atoms with E-state index in [2.05, 4.69) is 24.3 Å². The summed E-state index contributed by atoms with van der Waals surface area (Å²) in [6.07, 6.45) is 0. The minimum atomic E-state index is 0.102. The van der Waals surface area contributed by atoms with Crippen LogP contribution in [0.25, 0.3) is 20.5 Å². The molecule has 0 aliphatic carbocycles. The maximum absolute atomic E-state index is 9.32. The SMILES string of the molecule is COc1ccc2cc(-c3ccsc3CO)sc2c1. The highest BCUT2D eigenvalue weighted by atomic mass is 32.1. The van der Waals surface area contributed by atoms with Gasteiger partial charge >= 0.3 is 0 Å². The maximum Gasteiger partial charge on any atom is 0.120 e. The number of aliphatic hydroxyl groups excluding tert-OH is 1. The molecule has 0 unspecified atom stereocenters. The van der Waals surface area contributed by atoms with E-state index < -0.39 is 0 Å². The Labute approximate surface area is 113 Å². The van der Waals surface area contributed by atoms with Gasteiger partial charge in [-0.15, -0.1) is 22.7 Å². The predicted octanol–water partition coefficient (Wildman–Crippen LogP) is 4.13. The normalized spacial score (nSPS) is 11.0. The molecule has 1 N–H and O–H groups in total. The Morgan fingerprint density at radius 1 is 1.22 bits per heavy atom. The molecule has 0 radical (unpaired) electrons. The zero-order valence-electron chi connectivity index (χ0n) is 9.84. The van der Waals surface area contributed by atoms with E-state index in [1.54, 1.807) is 29.8 Å². The molecule has 2 heterocycles. The van der Waals surface area contributed by atoms with Crippen molar-refractivity contribution in [2.24, 2.45) is 0 Å². The molecule has 0 fully saturated rings. The monoisotopic (exact) mass is 276 g/mol. The van der Waals surface area contributed by atoms with E-state index >= 15 is 0 Å². The minimum Gasteiger partial charge on any atom is -0.497 e. The van der Waals surface area contributed by atoms with Crippen molar-refractivity contribution in [2.45, 2.75) is 6.61 Å². The van der Waals surface area contributed by atoms with Gasteiger partial charge < -0.3 is 9.84 Å². The number of thiophene rings is 2. The molecule has 3 rings (SSSR count). The number of rotatable bonds is 3. The summed E-state index contributed by atoms with van der Waals surface area (Å²) in [4.78, 5) is 2.22. The number of methoxy groups -OCH3 is 1. The van der Waals surface area contributed by atoms with E-state index in [1.807, 2.05) is 11.4 Å². The zero-order chi connectivity index (χ0) is 12.5. The Balaban J connectivity index is 2.13. The first-order valence-corrected chi connectivity index (χ1v) is 7.26. The molecule has 0 atom stereocenters. The van der Waals surface area contributed by atoms with Crippen LogP contribution in [0.2, 0.25) is 0 Å². The van der Waals surface area contributed by atoms with Gasteiger partial charge in [-0.05, 0) is 41.1 Å². The molecule has 18 heavy (non-hydrogen) atoms. The van der Waals surface area contributed by atoms with Crippen LogP contribution in [0.15, 0.2) is 35.7 Å². The highest BCUT2D eigenvalue weighted by Gasteiger charge is 2.10. The molecule has 3 aromatic rings. The first kappa shape index (κ1) is 11.7. The van der Waals surface area contributed by atoms with Crippen LogP contribution in [-0.4, -0.2) is 12.2 Å². The Hall–Kier alpha value is -1.36. The summed E-state index contributed by atoms with van der Waals surface area (Å²) in [6, 6.07) is 10.3. The Morgan fingerprint density at radius 2 is 2.11 bits per heavy atom. The van der Waals surface area contributed by atoms with Crippen LogP contribution in [0.5, 0.6) is 5.75 Å². The van der Waals surface area contributed by atoms with E-state index in [0.29, 0.717) is 0 Å². The lowest BCUT2D eigenvalue weighted by Crippen LogP contribution is -1.79. The fraction of sp³-hybridized carbons (Fsp3) is 0.143. The first-order valence-electron chi connectivity index (χ1n) is 5.57.